The molecule has 0 unspecified atom stereocenters. The number of hydrogen-bond acceptors (Lipinski definition) is 4. The van der Waals surface area contributed by atoms with Gasteiger partial charge in [-0.2, -0.15) is 5.26 Å². The highest BCUT2D eigenvalue weighted by atomic mass is 16.5. The van der Waals surface area contributed by atoms with E-state index in [1.165, 1.54) is 0 Å². The summed E-state index contributed by atoms with van der Waals surface area (Å²) in [6.45, 7) is -0.00221. The minimum absolute atomic E-state index is 0.00221. The van der Waals surface area contributed by atoms with Crippen molar-refractivity contribution in [3.63, 3.8) is 0 Å². The van der Waals surface area contributed by atoms with Gasteiger partial charge < -0.3 is 15.4 Å². The average Bonchev–Trinajstić information content (AvgIpc) is 2.55. The van der Waals surface area contributed by atoms with E-state index in [-0.39, 0.29) is 24.8 Å². The first-order chi connectivity index (χ1) is 11.2. The molecule has 0 aliphatic carbocycles. The van der Waals surface area contributed by atoms with Gasteiger partial charge in [0.15, 0.2) is 6.61 Å². The second kappa shape index (κ2) is 6.20. The summed E-state index contributed by atoms with van der Waals surface area (Å²) in [6, 6.07) is 14.0. The lowest BCUT2D eigenvalue weighted by Crippen LogP contribution is -2.25. The minimum Gasteiger partial charge on any atom is -0.482 e. The summed E-state index contributed by atoms with van der Waals surface area (Å²) in [5.41, 5.74) is 2.19. The standard InChI is InChI=1S/C17H13N3O3/c18-9-12-3-1-2-4-13(12)19-16(21)8-11-5-6-15-14(7-11)20-17(22)10-23-15/h1-7H,8,10H2,(H,19,21)(H,20,22). The van der Waals surface area contributed by atoms with Crippen LogP contribution >= 0.6 is 0 Å². The molecule has 2 aromatic rings. The second-order valence-corrected chi connectivity index (χ2v) is 5.05. The van der Waals surface area contributed by atoms with Gasteiger partial charge in [-0.3, -0.25) is 9.59 Å². The molecule has 0 spiro atoms. The van der Waals surface area contributed by atoms with E-state index < -0.39 is 0 Å². The highest BCUT2D eigenvalue weighted by Gasteiger charge is 2.16. The summed E-state index contributed by atoms with van der Waals surface area (Å²) < 4.78 is 5.27. The quantitative estimate of drug-likeness (QED) is 0.908. The van der Waals surface area contributed by atoms with Gasteiger partial charge in [0, 0.05) is 0 Å². The lowest BCUT2D eigenvalue weighted by Gasteiger charge is -2.18. The summed E-state index contributed by atoms with van der Waals surface area (Å²) >= 11 is 0. The number of nitriles is 1. The normalized spacial score (nSPS) is 12.4. The third-order valence-corrected chi connectivity index (χ3v) is 3.36. The molecule has 2 aromatic carbocycles. The zero-order chi connectivity index (χ0) is 16.2. The molecule has 0 bridgehead atoms. The van der Waals surface area contributed by atoms with Gasteiger partial charge in [0.25, 0.3) is 5.91 Å². The molecule has 0 atom stereocenters. The van der Waals surface area contributed by atoms with Crippen LogP contribution in [0.4, 0.5) is 11.4 Å². The predicted octanol–water partition coefficient (Wildman–Crippen LogP) is 2.07. The molecular formula is C17H13N3O3. The monoisotopic (exact) mass is 307 g/mol. The summed E-state index contributed by atoms with van der Waals surface area (Å²) in [5.74, 6) is 0.126. The average molecular weight is 307 g/mol. The van der Waals surface area contributed by atoms with E-state index in [0.717, 1.165) is 5.56 Å². The number of para-hydroxylation sites is 1. The number of anilines is 2. The van der Waals surface area contributed by atoms with Crippen molar-refractivity contribution in [1.82, 2.24) is 0 Å². The third kappa shape index (κ3) is 3.30. The first-order valence-electron chi connectivity index (χ1n) is 7.00. The van der Waals surface area contributed by atoms with E-state index in [1.807, 2.05) is 6.07 Å². The Kier molecular flexibility index (Phi) is 3.93. The smallest absolute Gasteiger partial charge is 0.262 e. The van der Waals surface area contributed by atoms with Crippen LogP contribution < -0.4 is 15.4 Å². The summed E-state index contributed by atoms with van der Waals surface area (Å²) in [5, 5.41) is 14.4. The summed E-state index contributed by atoms with van der Waals surface area (Å²) in [6.07, 6.45) is 0.128. The molecule has 23 heavy (non-hydrogen) atoms. The highest BCUT2D eigenvalue weighted by Crippen LogP contribution is 2.28. The van der Waals surface area contributed by atoms with Crippen LogP contribution in [0, 0.1) is 11.3 Å². The lowest BCUT2D eigenvalue weighted by atomic mass is 10.1. The van der Waals surface area contributed by atoms with Crippen LogP contribution in [0.5, 0.6) is 5.75 Å². The molecule has 0 aromatic heterocycles. The number of fused-ring (bicyclic) bond motifs is 1. The molecule has 0 fully saturated rings. The first-order valence-corrected chi connectivity index (χ1v) is 7.00. The summed E-state index contributed by atoms with van der Waals surface area (Å²) in [4.78, 5) is 23.5. The van der Waals surface area contributed by atoms with E-state index >= 15 is 0 Å². The van der Waals surface area contributed by atoms with Gasteiger partial charge in [0.1, 0.15) is 11.8 Å². The number of ether oxygens (including phenoxy) is 1. The number of benzene rings is 2. The van der Waals surface area contributed by atoms with Crippen molar-refractivity contribution in [1.29, 1.82) is 5.26 Å². The van der Waals surface area contributed by atoms with Crippen molar-refractivity contribution in [2.75, 3.05) is 17.2 Å². The number of hydrogen-bond donors (Lipinski definition) is 2. The Morgan fingerprint density at radius 2 is 2.13 bits per heavy atom. The maximum absolute atomic E-state index is 12.1. The van der Waals surface area contributed by atoms with Gasteiger partial charge in [-0.25, -0.2) is 0 Å². The van der Waals surface area contributed by atoms with Gasteiger partial charge in [0.2, 0.25) is 5.91 Å². The number of rotatable bonds is 3. The molecule has 0 radical (unpaired) electrons. The molecule has 2 amide bonds. The van der Waals surface area contributed by atoms with E-state index in [9.17, 15) is 9.59 Å². The number of carbonyl (C=O) groups is 2. The van der Waals surface area contributed by atoms with Crippen molar-refractivity contribution >= 4 is 23.2 Å². The molecular weight excluding hydrogens is 294 g/mol. The fourth-order valence-electron chi connectivity index (χ4n) is 2.31. The van der Waals surface area contributed by atoms with Crippen LogP contribution in [0.15, 0.2) is 42.5 Å². The van der Waals surface area contributed by atoms with Crippen LogP contribution in [-0.4, -0.2) is 18.4 Å². The Labute approximate surface area is 132 Å². The largest absolute Gasteiger partial charge is 0.482 e. The SMILES string of the molecule is N#Cc1ccccc1NC(=O)Cc1ccc2c(c1)NC(=O)CO2. The van der Waals surface area contributed by atoms with Crippen molar-refractivity contribution in [3.05, 3.63) is 53.6 Å². The predicted molar refractivity (Wildman–Crippen MR) is 84.1 cm³/mol. The van der Waals surface area contributed by atoms with Gasteiger partial charge in [-0.15, -0.1) is 0 Å². The molecule has 2 N–H and O–H groups in total. The molecule has 1 heterocycles. The van der Waals surface area contributed by atoms with Crippen molar-refractivity contribution < 1.29 is 14.3 Å². The first kappa shape index (κ1) is 14.6. The number of nitrogens with one attached hydrogen (secondary N) is 2. The van der Waals surface area contributed by atoms with Gasteiger partial charge >= 0.3 is 0 Å². The van der Waals surface area contributed by atoms with Crippen molar-refractivity contribution in [2.24, 2.45) is 0 Å². The van der Waals surface area contributed by atoms with Gasteiger partial charge in [-0.05, 0) is 29.8 Å². The molecule has 1 aliphatic rings. The van der Waals surface area contributed by atoms with E-state index in [0.29, 0.717) is 22.7 Å². The van der Waals surface area contributed by atoms with Crippen LogP contribution in [0.25, 0.3) is 0 Å². The topological polar surface area (TPSA) is 91.2 Å². The highest BCUT2D eigenvalue weighted by molar-refractivity contribution is 5.96. The van der Waals surface area contributed by atoms with Crippen molar-refractivity contribution in [3.8, 4) is 11.8 Å². The maximum Gasteiger partial charge on any atom is 0.262 e. The fourth-order valence-corrected chi connectivity index (χ4v) is 2.31. The molecule has 0 saturated carbocycles. The fraction of sp³-hybridized carbons (Fsp3) is 0.118. The molecule has 114 valence electrons. The van der Waals surface area contributed by atoms with Crippen molar-refractivity contribution in [2.45, 2.75) is 6.42 Å². The Morgan fingerprint density at radius 3 is 2.96 bits per heavy atom. The number of nitrogens with zero attached hydrogens (tertiary/aromatic N) is 1. The van der Waals surface area contributed by atoms with Crippen LogP contribution in [0.1, 0.15) is 11.1 Å². The van der Waals surface area contributed by atoms with E-state index in [4.69, 9.17) is 10.00 Å². The van der Waals surface area contributed by atoms with E-state index in [1.54, 1.807) is 42.5 Å². The Hall–Kier alpha value is -3.33. The van der Waals surface area contributed by atoms with Crippen LogP contribution in [-0.2, 0) is 16.0 Å². The maximum atomic E-state index is 12.1. The minimum atomic E-state index is -0.240. The van der Waals surface area contributed by atoms with Gasteiger partial charge in [0.05, 0.1) is 23.4 Å². The summed E-state index contributed by atoms with van der Waals surface area (Å²) in [7, 11) is 0. The van der Waals surface area contributed by atoms with Crippen LogP contribution in [0.3, 0.4) is 0 Å². The van der Waals surface area contributed by atoms with Crippen LogP contribution in [0.2, 0.25) is 0 Å². The number of amides is 2. The molecule has 0 saturated heterocycles. The molecule has 6 heteroatoms. The zero-order valence-electron chi connectivity index (χ0n) is 12.1. The van der Waals surface area contributed by atoms with E-state index in [2.05, 4.69) is 10.6 Å². The Morgan fingerprint density at radius 1 is 1.30 bits per heavy atom. The van der Waals surface area contributed by atoms with Gasteiger partial charge in [-0.1, -0.05) is 18.2 Å². The second-order valence-electron chi connectivity index (χ2n) is 5.05. The number of carbonyl (C=O) groups excluding carboxylic acids is 2. The third-order valence-electron chi connectivity index (χ3n) is 3.36. The molecule has 6 nitrogen and oxygen atoms in total. The molecule has 1 aliphatic heterocycles. The Bertz CT molecular complexity index is 824. The lowest BCUT2D eigenvalue weighted by molar-refractivity contribution is -0.118. The zero-order valence-corrected chi connectivity index (χ0v) is 12.1. The Balaban J connectivity index is 1.72. The molecule has 3 rings (SSSR count).